The van der Waals surface area contributed by atoms with E-state index in [4.69, 9.17) is 9.15 Å². The largest absolute Gasteiger partial charge is 0.445 e. The van der Waals surface area contributed by atoms with Gasteiger partial charge in [0.1, 0.15) is 6.10 Å². The van der Waals surface area contributed by atoms with Gasteiger partial charge >= 0.3 is 0 Å². The van der Waals surface area contributed by atoms with E-state index in [1.165, 1.54) is 6.39 Å². The topological polar surface area (TPSA) is 76.4 Å². The fourth-order valence-corrected chi connectivity index (χ4v) is 2.09. The summed E-state index contributed by atoms with van der Waals surface area (Å²) in [6.45, 7) is 5.12. The molecule has 0 aromatic carbocycles. The van der Waals surface area contributed by atoms with Gasteiger partial charge in [0.2, 0.25) is 0 Å². The van der Waals surface area contributed by atoms with Crippen molar-refractivity contribution in [3.63, 3.8) is 0 Å². The maximum atomic E-state index is 12.0. The smallest absolute Gasteiger partial charge is 0.273 e. The van der Waals surface area contributed by atoms with E-state index in [0.717, 1.165) is 32.4 Å². The molecule has 1 aromatic heterocycles. The molecule has 1 atom stereocenters. The third kappa shape index (κ3) is 5.82. The van der Waals surface area contributed by atoms with Gasteiger partial charge < -0.3 is 19.8 Å². The normalized spacial score (nSPS) is 16.9. The van der Waals surface area contributed by atoms with Crippen molar-refractivity contribution in [1.82, 2.24) is 15.6 Å². The van der Waals surface area contributed by atoms with Crippen LogP contribution in [0.15, 0.2) is 10.8 Å². The van der Waals surface area contributed by atoms with Gasteiger partial charge in [0.15, 0.2) is 17.8 Å². The van der Waals surface area contributed by atoms with Gasteiger partial charge in [-0.15, -0.1) is 24.8 Å². The van der Waals surface area contributed by atoms with Crippen molar-refractivity contribution in [2.45, 2.75) is 32.3 Å². The highest BCUT2D eigenvalue weighted by Gasteiger charge is 2.27. The van der Waals surface area contributed by atoms with Crippen LogP contribution in [-0.4, -0.2) is 37.1 Å². The molecule has 0 radical (unpaired) electrons. The lowest BCUT2D eigenvalue weighted by atomic mass is 10.1. The van der Waals surface area contributed by atoms with Gasteiger partial charge in [-0.3, -0.25) is 4.79 Å². The number of hydrogen-bond donors (Lipinski definition) is 2. The van der Waals surface area contributed by atoms with Gasteiger partial charge in [0.05, 0.1) is 0 Å². The molecule has 0 bridgehead atoms. The van der Waals surface area contributed by atoms with E-state index < -0.39 is 0 Å². The second kappa shape index (κ2) is 10.8. The van der Waals surface area contributed by atoms with Crippen molar-refractivity contribution in [1.29, 1.82) is 0 Å². The van der Waals surface area contributed by atoms with Crippen LogP contribution < -0.4 is 10.6 Å². The molecular formula is C13H23Cl2N3O3. The summed E-state index contributed by atoms with van der Waals surface area (Å²) in [5.41, 5.74) is 0.349. The number of nitrogens with one attached hydrogen (secondary N) is 2. The minimum atomic E-state index is -0.197. The first-order valence-electron chi connectivity index (χ1n) is 6.86. The van der Waals surface area contributed by atoms with E-state index in [2.05, 4.69) is 22.5 Å². The Balaban J connectivity index is 0.00000200. The summed E-state index contributed by atoms with van der Waals surface area (Å²) in [6.07, 6.45) is 4.14. The number of amides is 1. The molecule has 2 N–H and O–H groups in total. The standard InChI is InChI=1S/C13H21N3O3.2ClH/c1-2-5-14-6-7-15-13(17)11-12(19-9-16-11)10-4-3-8-18-10;;/h9-10,14H,2-8H2,1H3,(H,15,17);2*1H. The highest BCUT2D eigenvalue weighted by atomic mass is 35.5. The molecule has 1 aliphatic rings. The summed E-state index contributed by atoms with van der Waals surface area (Å²) < 4.78 is 10.8. The van der Waals surface area contributed by atoms with Gasteiger partial charge in [0, 0.05) is 19.7 Å². The van der Waals surface area contributed by atoms with Crippen molar-refractivity contribution in [3.8, 4) is 0 Å². The van der Waals surface area contributed by atoms with Crippen LogP contribution in [0, 0.1) is 0 Å². The van der Waals surface area contributed by atoms with Gasteiger partial charge in [-0.1, -0.05) is 6.92 Å². The highest BCUT2D eigenvalue weighted by Crippen LogP contribution is 2.30. The molecule has 1 unspecified atom stereocenters. The minimum absolute atomic E-state index is 0. The Labute approximate surface area is 137 Å². The predicted molar refractivity (Wildman–Crippen MR) is 84.4 cm³/mol. The van der Waals surface area contributed by atoms with Crippen molar-refractivity contribution in [2.24, 2.45) is 0 Å². The number of hydrogen-bond acceptors (Lipinski definition) is 5. The summed E-state index contributed by atoms with van der Waals surface area (Å²) in [5.74, 6) is 0.356. The molecule has 1 aromatic rings. The summed E-state index contributed by atoms with van der Waals surface area (Å²) in [7, 11) is 0. The Morgan fingerprint density at radius 2 is 2.19 bits per heavy atom. The van der Waals surface area contributed by atoms with Crippen LogP contribution >= 0.6 is 24.8 Å². The van der Waals surface area contributed by atoms with Crippen LogP contribution in [0.5, 0.6) is 0 Å². The van der Waals surface area contributed by atoms with Gasteiger partial charge in [0.25, 0.3) is 5.91 Å². The van der Waals surface area contributed by atoms with Crippen LogP contribution in [0.2, 0.25) is 0 Å². The van der Waals surface area contributed by atoms with Gasteiger partial charge in [-0.05, 0) is 25.8 Å². The van der Waals surface area contributed by atoms with E-state index in [1.807, 2.05) is 0 Å². The molecule has 1 saturated heterocycles. The van der Waals surface area contributed by atoms with Crippen molar-refractivity contribution in [2.75, 3.05) is 26.2 Å². The van der Waals surface area contributed by atoms with E-state index in [1.54, 1.807) is 0 Å². The van der Waals surface area contributed by atoms with Crippen LogP contribution in [0.4, 0.5) is 0 Å². The number of oxazole rings is 1. The molecule has 2 rings (SSSR count). The van der Waals surface area contributed by atoms with Crippen LogP contribution in [0.25, 0.3) is 0 Å². The number of carbonyl (C=O) groups excluding carboxylic acids is 1. The van der Waals surface area contributed by atoms with E-state index >= 15 is 0 Å². The first-order valence-corrected chi connectivity index (χ1v) is 6.86. The van der Waals surface area contributed by atoms with Crippen LogP contribution in [0.3, 0.4) is 0 Å². The number of nitrogens with zero attached hydrogens (tertiary/aromatic N) is 1. The number of aromatic nitrogens is 1. The minimum Gasteiger partial charge on any atom is -0.445 e. The summed E-state index contributed by atoms with van der Waals surface area (Å²) in [6, 6.07) is 0. The lowest BCUT2D eigenvalue weighted by Gasteiger charge is -2.08. The van der Waals surface area contributed by atoms with Gasteiger partial charge in [-0.25, -0.2) is 4.98 Å². The van der Waals surface area contributed by atoms with E-state index in [9.17, 15) is 4.79 Å². The average molecular weight is 340 g/mol. The summed E-state index contributed by atoms with van der Waals surface area (Å²) in [5, 5.41) is 6.05. The molecule has 1 amide bonds. The summed E-state index contributed by atoms with van der Waals surface area (Å²) >= 11 is 0. The third-order valence-electron chi connectivity index (χ3n) is 3.05. The fourth-order valence-electron chi connectivity index (χ4n) is 2.09. The lowest BCUT2D eigenvalue weighted by Crippen LogP contribution is -2.32. The Bertz CT molecular complexity index is 409. The molecule has 122 valence electrons. The molecule has 6 nitrogen and oxygen atoms in total. The number of halogens is 2. The molecule has 1 aliphatic heterocycles. The SMILES string of the molecule is CCCNCCNC(=O)c1ncoc1C1CCCO1.Cl.Cl. The maximum Gasteiger partial charge on any atom is 0.273 e. The maximum absolute atomic E-state index is 12.0. The zero-order valence-corrected chi connectivity index (χ0v) is 13.7. The number of carbonyl (C=O) groups is 1. The zero-order valence-electron chi connectivity index (χ0n) is 12.1. The average Bonchev–Trinajstić information content (AvgIpc) is 3.08. The van der Waals surface area contributed by atoms with Crippen LogP contribution in [-0.2, 0) is 4.74 Å². The first-order chi connectivity index (χ1) is 9.33. The second-order valence-corrected chi connectivity index (χ2v) is 4.57. The lowest BCUT2D eigenvalue weighted by molar-refractivity contribution is 0.0862. The quantitative estimate of drug-likeness (QED) is 0.744. The van der Waals surface area contributed by atoms with Gasteiger partial charge in [-0.2, -0.15) is 0 Å². The highest BCUT2D eigenvalue weighted by molar-refractivity contribution is 5.93. The molecule has 0 saturated carbocycles. The molecule has 0 aliphatic carbocycles. The fraction of sp³-hybridized carbons (Fsp3) is 0.692. The van der Waals surface area contributed by atoms with Crippen molar-refractivity contribution in [3.05, 3.63) is 17.8 Å². The zero-order chi connectivity index (χ0) is 13.5. The molecule has 21 heavy (non-hydrogen) atoms. The Hall–Kier alpha value is -0.820. The van der Waals surface area contributed by atoms with Crippen LogP contribution in [0.1, 0.15) is 48.5 Å². The molecule has 0 spiro atoms. The molecule has 2 heterocycles. The number of ether oxygens (including phenoxy) is 1. The molecule has 8 heteroatoms. The van der Waals surface area contributed by atoms with Crippen molar-refractivity contribution < 1.29 is 13.9 Å². The van der Waals surface area contributed by atoms with E-state index in [0.29, 0.717) is 24.6 Å². The van der Waals surface area contributed by atoms with E-state index in [-0.39, 0.29) is 36.8 Å². The Kier molecular flexibility index (Phi) is 10.4. The second-order valence-electron chi connectivity index (χ2n) is 4.57. The first kappa shape index (κ1) is 20.2. The Morgan fingerprint density at radius 1 is 1.38 bits per heavy atom. The number of rotatable bonds is 7. The van der Waals surface area contributed by atoms with Crippen molar-refractivity contribution >= 4 is 30.7 Å². The predicted octanol–water partition coefficient (Wildman–Crippen LogP) is 2.10. The summed E-state index contributed by atoms with van der Waals surface area (Å²) in [4.78, 5) is 16.0. The Morgan fingerprint density at radius 3 is 2.86 bits per heavy atom. The third-order valence-corrected chi connectivity index (χ3v) is 3.05. The molecular weight excluding hydrogens is 317 g/mol. The monoisotopic (exact) mass is 339 g/mol. The molecule has 1 fully saturated rings.